The van der Waals surface area contributed by atoms with E-state index in [1.54, 1.807) is 0 Å². The average Bonchev–Trinajstić information content (AvgIpc) is 2.57. The molecule has 1 saturated carbocycles. The minimum absolute atomic E-state index is 0.113. The highest BCUT2D eigenvalue weighted by atomic mass is 16.7. The first-order chi connectivity index (χ1) is 8.47. The molecule has 0 aromatic rings. The molecular weight excluding hydrogens is 228 g/mol. The predicted octanol–water partition coefficient (Wildman–Crippen LogP) is 3.37. The van der Waals surface area contributed by atoms with Gasteiger partial charge in [-0.3, -0.25) is 4.79 Å². The lowest BCUT2D eigenvalue weighted by Gasteiger charge is -2.38. The number of carbonyl (C=O) groups excluding carboxylic acids is 1. The van der Waals surface area contributed by atoms with Crippen LogP contribution in [-0.2, 0) is 14.3 Å². The first-order valence-corrected chi connectivity index (χ1v) is 7.32. The zero-order valence-electron chi connectivity index (χ0n) is 12.0. The van der Waals surface area contributed by atoms with Crippen molar-refractivity contribution in [2.45, 2.75) is 65.8 Å². The van der Waals surface area contributed by atoms with Crippen LogP contribution in [0.3, 0.4) is 0 Å². The number of rotatable bonds is 3. The van der Waals surface area contributed by atoms with Crippen LogP contribution in [0, 0.1) is 23.7 Å². The molecule has 18 heavy (non-hydrogen) atoms. The average molecular weight is 254 g/mol. The summed E-state index contributed by atoms with van der Waals surface area (Å²) in [5.74, 6) is 2.04. The van der Waals surface area contributed by atoms with Crippen LogP contribution in [0.2, 0.25) is 0 Å². The van der Waals surface area contributed by atoms with Crippen molar-refractivity contribution in [3.63, 3.8) is 0 Å². The van der Waals surface area contributed by atoms with Gasteiger partial charge < -0.3 is 9.47 Å². The van der Waals surface area contributed by atoms with Crippen LogP contribution in [0.15, 0.2) is 0 Å². The molecule has 2 aliphatic rings. The highest BCUT2D eigenvalue weighted by molar-refractivity contribution is 5.71. The van der Waals surface area contributed by atoms with Crippen LogP contribution >= 0.6 is 0 Å². The van der Waals surface area contributed by atoms with E-state index in [1.165, 1.54) is 12.8 Å². The normalized spacial score (nSPS) is 41.2. The lowest BCUT2D eigenvalue weighted by molar-refractivity contribution is -0.194. The van der Waals surface area contributed by atoms with Crippen LogP contribution in [0.25, 0.3) is 0 Å². The van der Waals surface area contributed by atoms with E-state index >= 15 is 0 Å². The molecule has 1 saturated heterocycles. The predicted molar refractivity (Wildman–Crippen MR) is 69.9 cm³/mol. The van der Waals surface area contributed by atoms with E-state index in [1.807, 2.05) is 6.92 Å². The van der Waals surface area contributed by atoms with Gasteiger partial charge in [0.2, 0.25) is 6.29 Å². The first-order valence-electron chi connectivity index (χ1n) is 7.32. The Kier molecular flexibility index (Phi) is 4.31. The van der Waals surface area contributed by atoms with Crippen molar-refractivity contribution >= 4 is 5.97 Å². The lowest BCUT2D eigenvalue weighted by Crippen LogP contribution is -2.38. The summed E-state index contributed by atoms with van der Waals surface area (Å²) in [7, 11) is 0. The summed E-state index contributed by atoms with van der Waals surface area (Å²) in [5.41, 5.74) is 0. The Hall–Kier alpha value is -0.570. The molecular formula is C15H26O3. The summed E-state index contributed by atoms with van der Waals surface area (Å²) in [4.78, 5) is 11.3. The topological polar surface area (TPSA) is 35.5 Å². The van der Waals surface area contributed by atoms with E-state index in [0.717, 1.165) is 12.3 Å². The van der Waals surface area contributed by atoms with Crippen LogP contribution in [-0.4, -0.2) is 18.4 Å². The fourth-order valence-electron chi connectivity index (χ4n) is 3.26. The molecule has 3 heteroatoms. The van der Waals surface area contributed by atoms with Gasteiger partial charge in [-0.25, -0.2) is 0 Å². The summed E-state index contributed by atoms with van der Waals surface area (Å²) < 4.78 is 11.4. The Balaban J connectivity index is 1.98. The Bertz CT molecular complexity index is 300. The zero-order valence-corrected chi connectivity index (χ0v) is 12.0. The molecule has 0 bridgehead atoms. The van der Waals surface area contributed by atoms with Crippen molar-refractivity contribution in [1.29, 1.82) is 0 Å². The zero-order chi connectivity index (χ0) is 13.3. The van der Waals surface area contributed by atoms with Gasteiger partial charge in [0.15, 0.2) is 0 Å². The van der Waals surface area contributed by atoms with Gasteiger partial charge >= 0.3 is 5.97 Å². The van der Waals surface area contributed by atoms with Gasteiger partial charge in [-0.05, 0) is 30.6 Å². The monoisotopic (exact) mass is 254 g/mol. The second kappa shape index (κ2) is 5.60. The summed E-state index contributed by atoms with van der Waals surface area (Å²) >= 11 is 0. The number of carbonyl (C=O) groups is 1. The van der Waals surface area contributed by atoms with Crippen LogP contribution in [0.4, 0.5) is 0 Å². The standard InChI is InChI=1S/C15H26O3/c1-9(2)12-6-5-10(3)7-13(12)17-15-11(4)8-14(16)18-15/h9-13,15H,5-8H2,1-4H3/t10-,11-,12+,13-,15-/m1/s1. The largest absolute Gasteiger partial charge is 0.435 e. The van der Waals surface area contributed by atoms with Gasteiger partial charge in [0, 0.05) is 5.92 Å². The molecule has 3 nitrogen and oxygen atoms in total. The van der Waals surface area contributed by atoms with Gasteiger partial charge in [0.25, 0.3) is 0 Å². The number of hydrogen-bond donors (Lipinski definition) is 0. The molecule has 0 N–H and O–H groups in total. The summed E-state index contributed by atoms with van der Waals surface area (Å²) in [6, 6.07) is 0. The third-order valence-electron chi connectivity index (χ3n) is 4.47. The quantitative estimate of drug-likeness (QED) is 0.724. The Morgan fingerprint density at radius 1 is 1.28 bits per heavy atom. The van der Waals surface area contributed by atoms with Gasteiger partial charge in [-0.2, -0.15) is 0 Å². The van der Waals surface area contributed by atoms with Crippen LogP contribution < -0.4 is 0 Å². The summed E-state index contributed by atoms with van der Waals surface area (Å²) in [5, 5.41) is 0. The minimum Gasteiger partial charge on any atom is -0.435 e. The molecule has 2 fully saturated rings. The second-order valence-corrected chi connectivity index (χ2v) is 6.54. The molecule has 0 aromatic heterocycles. The van der Waals surface area contributed by atoms with Gasteiger partial charge in [-0.15, -0.1) is 0 Å². The van der Waals surface area contributed by atoms with Gasteiger partial charge in [0.1, 0.15) is 0 Å². The smallest absolute Gasteiger partial charge is 0.308 e. The Morgan fingerprint density at radius 3 is 2.56 bits per heavy atom. The van der Waals surface area contributed by atoms with Crippen molar-refractivity contribution in [3.8, 4) is 0 Å². The number of cyclic esters (lactones) is 1. The molecule has 104 valence electrons. The maximum Gasteiger partial charge on any atom is 0.308 e. The van der Waals surface area contributed by atoms with E-state index in [9.17, 15) is 4.79 Å². The second-order valence-electron chi connectivity index (χ2n) is 6.54. The third kappa shape index (κ3) is 3.05. The van der Waals surface area contributed by atoms with Gasteiger partial charge in [-0.1, -0.05) is 34.1 Å². The first kappa shape index (κ1) is 13.9. The molecule has 0 aromatic carbocycles. The molecule has 1 heterocycles. The Morgan fingerprint density at radius 2 is 2.00 bits per heavy atom. The lowest BCUT2D eigenvalue weighted by atomic mass is 9.75. The van der Waals surface area contributed by atoms with Crippen molar-refractivity contribution < 1.29 is 14.3 Å². The molecule has 0 amide bonds. The maximum absolute atomic E-state index is 11.3. The highest BCUT2D eigenvalue weighted by Crippen LogP contribution is 2.37. The molecule has 5 atom stereocenters. The van der Waals surface area contributed by atoms with Gasteiger partial charge in [0.05, 0.1) is 12.5 Å². The van der Waals surface area contributed by atoms with E-state index in [4.69, 9.17) is 9.47 Å². The summed E-state index contributed by atoms with van der Waals surface area (Å²) in [6.07, 6.45) is 4.07. The van der Waals surface area contributed by atoms with Crippen molar-refractivity contribution in [1.82, 2.24) is 0 Å². The summed E-state index contributed by atoms with van der Waals surface area (Å²) in [6.45, 7) is 8.85. The molecule has 0 radical (unpaired) electrons. The number of ether oxygens (including phenoxy) is 2. The molecule has 2 rings (SSSR count). The van der Waals surface area contributed by atoms with E-state index < -0.39 is 0 Å². The van der Waals surface area contributed by atoms with Crippen LogP contribution in [0.5, 0.6) is 0 Å². The number of esters is 1. The fourth-order valence-corrected chi connectivity index (χ4v) is 3.26. The molecule has 1 aliphatic carbocycles. The highest BCUT2D eigenvalue weighted by Gasteiger charge is 2.38. The number of hydrogen-bond acceptors (Lipinski definition) is 3. The van der Waals surface area contributed by atoms with Crippen molar-refractivity contribution in [2.24, 2.45) is 23.7 Å². The Labute approximate surface area is 110 Å². The molecule has 0 unspecified atom stereocenters. The fraction of sp³-hybridized carbons (Fsp3) is 0.933. The van der Waals surface area contributed by atoms with E-state index in [2.05, 4.69) is 20.8 Å². The van der Waals surface area contributed by atoms with E-state index in [0.29, 0.717) is 18.3 Å². The molecule has 0 spiro atoms. The minimum atomic E-state index is -0.311. The van der Waals surface area contributed by atoms with Crippen molar-refractivity contribution in [3.05, 3.63) is 0 Å². The molecule has 1 aliphatic heterocycles. The van der Waals surface area contributed by atoms with Crippen LogP contribution in [0.1, 0.15) is 53.4 Å². The van der Waals surface area contributed by atoms with E-state index in [-0.39, 0.29) is 24.3 Å². The maximum atomic E-state index is 11.3. The van der Waals surface area contributed by atoms with Crippen molar-refractivity contribution in [2.75, 3.05) is 0 Å². The SMILES string of the molecule is CC(C)[C@@H]1CC[C@@H](C)C[C@H]1O[C@@H]1OC(=O)C[C@H]1C. The third-order valence-corrected chi connectivity index (χ3v) is 4.47.